The van der Waals surface area contributed by atoms with Crippen LogP contribution >= 0.6 is 0 Å². The zero-order valence-electron chi connectivity index (χ0n) is 11.0. The average Bonchev–Trinajstić information content (AvgIpc) is 2.85. The van der Waals surface area contributed by atoms with Crippen LogP contribution in [0.3, 0.4) is 0 Å². The molecule has 0 unspecified atom stereocenters. The van der Waals surface area contributed by atoms with Gasteiger partial charge in [-0.2, -0.15) is 0 Å². The van der Waals surface area contributed by atoms with Gasteiger partial charge in [-0.3, -0.25) is 0 Å². The van der Waals surface area contributed by atoms with E-state index in [-0.39, 0.29) is 17.8 Å². The van der Waals surface area contributed by atoms with Gasteiger partial charge in [0.05, 0.1) is 6.61 Å². The van der Waals surface area contributed by atoms with Crippen molar-refractivity contribution in [1.29, 1.82) is 0 Å². The van der Waals surface area contributed by atoms with Crippen molar-refractivity contribution in [3.8, 4) is 0 Å². The van der Waals surface area contributed by atoms with Gasteiger partial charge in [0.15, 0.2) is 0 Å². The third-order valence-corrected chi connectivity index (χ3v) is 4.08. The zero-order valence-corrected chi connectivity index (χ0v) is 11.0. The van der Waals surface area contributed by atoms with E-state index in [0.717, 1.165) is 31.6 Å². The molecule has 0 atom stereocenters. The Balaban J connectivity index is 2.14. The van der Waals surface area contributed by atoms with Gasteiger partial charge in [-0.15, -0.1) is 0 Å². The predicted octanol–water partition coefficient (Wildman–Crippen LogP) is 3.20. The number of rotatable bonds is 5. The fourth-order valence-corrected chi connectivity index (χ4v) is 2.95. The van der Waals surface area contributed by atoms with Gasteiger partial charge in [-0.05, 0) is 38.0 Å². The summed E-state index contributed by atoms with van der Waals surface area (Å²) in [5.74, 6) is -0.199. The molecule has 3 heteroatoms. The highest BCUT2D eigenvalue weighted by Gasteiger charge is 2.34. The largest absolute Gasteiger partial charge is 0.396 e. The highest BCUT2D eigenvalue weighted by molar-refractivity contribution is 5.46. The quantitative estimate of drug-likeness (QED) is 0.868. The molecule has 1 N–H and O–H groups in total. The maximum absolute atomic E-state index is 13.3. The summed E-state index contributed by atoms with van der Waals surface area (Å²) in [5.41, 5.74) is 0.930. The Morgan fingerprint density at radius 3 is 2.61 bits per heavy atom. The molecule has 1 fully saturated rings. The molecule has 0 spiro atoms. The SMILES string of the molecule is CCN(CC1(CO)CCCC1)c1cccc(F)c1. The van der Waals surface area contributed by atoms with Crippen LogP contribution in [0.4, 0.5) is 10.1 Å². The van der Waals surface area contributed by atoms with Gasteiger partial charge in [0.1, 0.15) is 5.82 Å². The second-order valence-electron chi connectivity index (χ2n) is 5.36. The lowest BCUT2D eigenvalue weighted by Gasteiger charge is -2.34. The van der Waals surface area contributed by atoms with Crippen LogP contribution in [0.1, 0.15) is 32.6 Å². The van der Waals surface area contributed by atoms with Crippen LogP contribution in [0.5, 0.6) is 0 Å². The summed E-state index contributed by atoms with van der Waals surface area (Å²) in [6.45, 7) is 3.97. The van der Waals surface area contributed by atoms with Crippen molar-refractivity contribution >= 4 is 5.69 Å². The average molecular weight is 251 g/mol. The standard InChI is InChI=1S/C15H22FNO/c1-2-17(14-7-5-6-13(16)10-14)11-15(12-18)8-3-4-9-15/h5-7,10,18H,2-4,8-9,11-12H2,1H3. The molecule has 0 aromatic heterocycles. The first kappa shape index (κ1) is 13.3. The number of nitrogens with zero attached hydrogens (tertiary/aromatic N) is 1. The minimum atomic E-state index is -0.199. The highest BCUT2D eigenvalue weighted by Crippen LogP contribution is 2.39. The van der Waals surface area contributed by atoms with Crippen molar-refractivity contribution in [3.05, 3.63) is 30.1 Å². The fraction of sp³-hybridized carbons (Fsp3) is 0.600. The van der Waals surface area contributed by atoms with E-state index in [1.165, 1.54) is 18.9 Å². The summed E-state index contributed by atoms with van der Waals surface area (Å²) in [6, 6.07) is 6.72. The first-order valence-electron chi connectivity index (χ1n) is 6.80. The molecule has 1 aromatic carbocycles. The van der Waals surface area contributed by atoms with Crippen molar-refractivity contribution in [2.45, 2.75) is 32.6 Å². The lowest BCUT2D eigenvalue weighted by atomic mass is 9.86. The molecule has 0 aliphatic heterocycles. The zero-order chi connectivity index (χ0) is 13.0. The van der Waals surface area contributed by atoms with Crippen molar-refractivity contribution in [3.63, 3.8) is 0 Å². The number of hydrogen-bond donors (Lipinski definition) is 1. The number of benzene rings is 1. The Bertz CT molecular complexity index is 388. The number of halogens is 1. The van der Waals surface area contributed by atoms with Crippen LogP contribution in [0, 0.1) is 11.2 Å². The first-order chi connectivity index (χ1) is 8.69. The molecule has 18 heavy (non-hydrogen) atoms. The Hall–Kier alpha value is -1.09. The molecule has 0 radical (unpaired) electrons. The van der Waals surface area contributed by atoms with Crippen LogP contribution < -0.4 is 4.90 Å². The molecule has 1 aliphatic carbocycles. The second-order valence-corrected chi connectivity index (χ2v) is 5.36. The number of aliphatic hydroxyl groups excluding tert-OH is 1. The lowest BCUT2D eigenvalue weighted by Crippen LogP contribution is -2.38. The van der Waals surface area contributed by atoms with Crippen LogP contribution in [0.15, 0.2) is 24.3 Å². The van der Waals surface area contributed by atoms with Crippen molar-refractivity contribution in [1.82, 2.24) is 0 Å². The predicted molar refractivity (Wildman–Crippen MR) is 72.3 cm³/mol. The molecule has 1 aromatic rings. The minimum Gasteiger partial charge on any atom is -0.396 e. The molecule has 1 saturated carbocycles. The van der Waals surface area contributed by atoms with Crippen molar-refractivity contribution in [2.24, 2.45) is 5.41 Å². The van der Waals surface area contributed by atoms with E-state index >= 15 is 0 Å². The van der Waals surface area contributed by atoms with Crippen molar-refractivity contribution < 1.29 is 9.50 Å². The molecule has 2 nitrogen and oxygen atoms in total. The molecule has 0 heterocycles. The van der Waals surface area contributed by atoms with E-state index in [4.69, 9.17) is 0 Å². The second kappa shape index (κ2) is 5.70. The van der Waals surface area contributed by atoms with Gasteiger partial charge < -0.3 is 10.0 Å². The van der Waals surface area contributed by atoms with Crippen LogP contribution in [0.25, 0.3) is 0 Å². The van der Waals surface area contributed by atoms with E-state index in [1.54, 1.807) is 12.1 Å². The van der Waals surface area contributed by atoms with E-state index in [9.17, 15) is 9.50 Å². The Morgan fingerprint density at radius 1 is 1.33 bits per heavy atom. The van der Waals surface area contributed by atoms with Gasteiger partial charge in [0, 0.05) is 24.2 Å². The normalized spacial score (nSPS) is 17.9. The summed E-state index contributed by atoms with van der Waals surface area (Å²) in [4.78, 5) is 2.17. The topological polar surface area (TPSA) is 23.5 Å². The van der Waals surface area contributed by atoms with E-state index in [0.29, 0.717) is 0 Å². The summed E-state index contributed by atoms with van der Waals surface area (Å²) >= 11 is 0. The fourth-order valence-electron chi connectivity index (χ4n) is 2.95. The highest BCUT2D eigenvalue weighted by atomic mass is 19.1. The van der Waals surface area contributed by atoms with Gasteiger partial charge in [-0.1, -0.05) is 18.9 Å². The van der Waals surface area contributed by atoms with Crippen LogP contribution in [-0.2, 0) is 0 Å². The summed E-state index contributed by atoms with van der Waals surface area (Å²) in [6.07, 6.45) is 4.55. The van der Waals surface area contributed by atoms with Gasteiger partial charge >= 0.3 is 0 Å². The molecular weight excluding hydrogens is 229 g/mol. The lowest BCUT2D eigenvalue weighted by molar-refractivity contribution is 0.136. The van der Waals surface area contributed by atoms with Crippen molar-refractivity contribution in [2.75, 3.05) is 24.6 Å². The maximum atomic E-state index is 13.3. The summed E-state index contributed by atoms with van der Waals surface area (Å²) in [7, 11) is 0. The summed E-state index contributed by atoms with van der Waals surface area (Å²) in [5, 5.41) is 9.66. The van der Waals surface area contributed by atoms with E-state index < -0.39 is 0 Å². The van der Waals surface area contributed by atoms with Gasteiger partial charge in [-0.25, -0.2) is 4.39 Å². The molecule has 2 rings (SSSR count). The Morgan fingerprint density at radius 2 is 2.06 bits per heavy atom. The van der Waals surface area contributed by atoms with E-state index in [1.807, 2.05) is 6.07 Å². The molecule has 0 bridgehead atoms. The smallest absolute Gasteiger partial charge is 0.125 e. The molecule has 0 amide bonds. The molecule has 100 valence electrons. The van der Waals surface area contributed by atoms with E-state index in [2.05, 4.69) is 11.8 Å². The molecule has 0 saturated heterocycles. The minimum absolute atomic E-state index is 0.0162. The number of hydrogen-bond acceptors (Lipinski definition) is 2. The number of anilines is 1. The Labute approximate surface area is 108 Å². The first-order valence-corrected chi connectivity index (χ1v) is 6.80. The summed E-state index contributed by atoms with van der Waals surface area (Å²) < 4.78 is 13.3. The molecular formula is C15H22FNO. The monoisotopic (exact) mass is 251 g/mol. The van der Waals surface area contributed by atoms with Crippen LogP contribution in [-0.4, -0.2) is 24.8 Å². The van der Waals surface area contributed by atoms with Gasteiger partial charge in [0.2, 0.25) is 0 Å². The third-order valence-electron chi connectivity index (χ3n) is 4.08. The Kier molecular flexibility index (Phi) is 4.23. The maximum Gasteiger partial charge on any atom is 0.125 e. The third kappa shape index (κ3) is 2.83. The van der Waals surface area contributed by atoms with Gasteiger partial charge in [0.25, 0.3) is 0 Å². The molecule has 1 aliphatic rings. The van der Waals surface area contributed by atoms with Crippen LogP contribution in [0.2, 0.25) is 0 Å². The number of aliphatic hydroxyl groups is 1.